The zero-order valence-electron chi connectivity index (χ0n) is 18.5. The molecular weight excluding hydrogens is 420 g/mol. The lowest BCUT2D eigenvalue weighted by atomic mass is 9.92. The maximum atomic E-state index is 12.9. The second kappa shape index (κ2) is 9.31. The number of imide groups is 1. The van der Waals surface area contributed by atoms with Gasteiger partial charge in [-0.15, -0.1) is 0 Å². The summed E-state index contributed by atoms with van der Waals surface area (Å²) in [7, 11) is 0. The highest BCUT2D eigenvalue weighted by Gasteiger charge is 2.39. The summed E-state index contributed by atoms with van der Waals surface area (Å²) < 4.78 is 6.40. The van der Waals surface area contributed by atoms with Crippen molar-refractivity contribution in [3.63, 3.8) is 0 Å². The second-order valence-corrected chi connectivity index (χ2v) is 9.01. The third kappa shape index (κ3) is 4.61. The monoisotopic (exact) mass is 448 g/mol. The third-order valence-corrected chi connectivity index (χ3v) is 6.78. The maximum absolute atomic E-state index is 12.9. The molecule has 1 unspecified atom stereocenters. The summed E-state index contributed by atoms with van der Waals surface area (Å²) in [4.78, 5) is 42.4. The van der Waals surface area contributed by atoms with Crippen molar-refractivity contribution in [1.82, 2.24) is 20.5 Å². The van der Waals surface area contributed by atoms with Crippen LogP contribution in [0.5, 0.6) is 5.75 Å². The van der Waals surface area contributed by atoms with Gasteiger partial charge in [0.25, 0.3) is 5.91 Å². The molecule has 172 valence electrons. The Morgan fingerprint density at radius 1 is 1.12 bits per heavy atom. The van der Waals surface area contributed by atoms with Crippen molar-refractivity contribution in [2.24, 2.45) is 0 Å². The summed E-state index contributed by atoms with van der Waals surface area (Å²) in [5.41, 5.74) is 2.60. The van der Waals surface area contributed by atoms with Gasteiger partial charge in [-0.3, -0.25) is 24.7 Å². The smallest absolute Gasteiger partial charge is 0.255 e. The molecule has 1 aromatic heterocycles. The molecule has 2 fully saturated rings. The minimum atomic E-state index is -0.605. The Balaban J connectivity index is 1.25. The first-order valence-electron chi connectivity index (χ1n) is 11.6. The van der Waals surface area contributed by atoms with Gasteiger partial charge >= 0.3 is 0 Å². The number of nitrogens with one attached hydrogen (secondary N) is 2. The summed E-state index contributed by atoms with van der Waals surface area (Å²) in [6.45, 7) is 1.10. The van der Waals surface area contributed by atoms with E-state index in [9.17, 15) is 14.4 Å². The number of pyridine rings is 1. The summed E-state index contributed by atoms with van der Waals surface area (Å²) in [6, 6.07) is 9.20. The molecule has 3 amide bonds. The molecule has 5 rings (SSSR count). The molecule has 2 N–H and O–H groups in total. The molecular formula is C25H28N4O4. The van der Waals surface area contributed by atoms with E-state index < -0.39 is 11.9 Å². The van der Waals surface area contributed by atoms with E-state index in [1.807, 2.05) is 24.4 Å². The molecule has 1 aromatic carbocycles. The Bertz CT molecular complexity index is 1060. The predicted octanol–water partition coefficient (Wildman–Crippen LogP) is 2.32. The highest BCUT2D eigenvalue weighted by molar-refractivity contribution is 6.05. The van der Waals surface area contributed by atoms with Crippen LogP contribution in [0.25, 0.3) is 0 Å². The number of piperidine rings is 1. The first-order chi connectivity index (χ1) is 16.1. The molecule has 0 spiro atoms. The largest absolute Gasteiger partial charge is 0.489 e. The van der Waals surface area contributed by atoms with Gasteiger partial charge in [-0.05, 0) is 61.1 Å². The second-order valence-electron chi connectivity index (χ2n) is 9.01. The zero-order chi connectivity index (χ0) is 22.8. The maximum Gasteiger partial charge on any atom is 0.255 e. The Labute approximate surface area is 192 Å². The van der Waals surface area contributed by atoms with Gasteiger partial charge < -0.3 is 15.0 Å². The Morgan fingerprint density at radius 3 is 2.82 bits per heavy atom. The van der Waals surface area contributed by atoms with E-state index in [0.29, 0.717) is 18.5 Å². The van der Waals surface area contributed by atoms with Crippen LogP contribution in [-0.2, 0) is 22.7 Å². The molecule has 3 atom stereocenters. The molecule has 3 aliphatic rings. The predicted molar refractivity (Wildman–Crippen MR) is 120 cm³/mol. The number of hydrogen-bond donors (Lipinski definition) is 2. The minimum absolute atomic E-state index is 0.0526. The van der Waals surface area contributed by atoms with Gasteiger partial charge in [-0.25, -0.2) is 0 Å². The van der Waals surface area contributed by atoms with Gasteiger partial charge in [-0.1, -0.05) is 12.5 Å². The summed E-state index contributed by atoms with van der Waals surface area (Å²) in [5, 5.41) is 5.97. The van der Waals surface area contributed by atoms with Crippen molar-refractivity contribution in [1.29, 1.82) is 0 Å². The van der Waals surface area contributed by atoms with Crippen molar-refractivity contribution >= 4 is 17.7 Å². The lowest BCUT2D eigenvalue weighted by molar-refractivity contribution is -0.136. The van der Waals surface area contributed by atoms with Crippen LogP contribution in [0.15, 0.2) is 42.7 Å². The minimum Gasteiger partial charge on any atom is -0.489 e. The first kappa shape index (κ1) is 21.6. The van der Waals surface area contributed by atoms with Crippen LogP contribution < -0.4 is 15.4 Å². The fraction of sp³-hybridized carbons (Fsp3) is 0.440. The molecule has 8 nitrogen and oxygen atoms in total. The summed E-state index contributed by atoms with van der Waals surface area (Å²) in [6.07, 6.45) is 8.64. The number of aromatic nitrogens is 1. The molecule has 0 radical (unpaired) electrons. The van der Waals surface area contributed by atoms with Crippen molar-refractivity contribution in [3.8, 4) is 5.75 Å². The molecule has 2 aromatic rings. The standard InChI is InChI=1S/C25H28N4O4/c30-23-10-9-21(24(31)28-23)29-15-17-12-18(7-8-19(17)25(29)32)33-22-6-2-1-5-20(22)27-14-16-4-3-11-26-13-16/h3-4,7-8,11-13,20-22,27H,1-2,5-6,9-10,14-15H2,(H,28,30,31)/t20-,21?,22-/m0/s1. The number of benzene rings is 1. The SMILES string of the molecule is O=C1CCC(N2Cc3cc(O[C@H]4CCCC[C@@H]4NCc4cccnc4)ccc3C2=O)C(=O)N1. The van der Waals surface area contributed by atoms with Crippen LogP contribution in [0.4, 0.5) is 0 Å². The van der Waals surface area contributed by atoms with Crippen LogP contribution in [0.1, 0.15) is 60.0 Å². The van der Waals surface area contributed by atoms with E-state index in [2.05, 4.69) is 21.7 Å². The van der Waals surface area contributed by atoms with Crippen LogP contribution in [-0.4, -0.2) is 45.8 Å². The number of amides is 3. The molecule has 33 heavy (non-hydrogen) atoms. The van der Waals surface area contributed by atoms with Gasteiger partial charge in [0.2, 0.25) is 11.8 Å². The molecule has 2 aliphatic heterocycles. The normalized spacial score (nSPS) is 25.0. The van der Waals surface area contributed by atoms with Gasteiger partial charge in [0, 0.05) is 43.5 Å². The fourth-order valence-electron chi connectivity index (χ4n) is 5.02. The van der Waals surface area contributed by atoms with E-state index in [1.165, 1.54) is 6.42 Å². The van der Waals surface area contributed by atoms with E-state index in [4.69, 9.17) is 4.74 Å². The van der Waals surface area contributed by atoms with Gasteiger partial charge in [0.1, 0.15) is 17.9 Å². The highest BCUT2D eigenvalue weighted by atomic mass is 16.5. The van der Waals surface area contributed by atoms with Gasteiger partial charge in [0.15, 0.2) is 0 Å². The average molecular weight is 449 g/mol. The first-order valence-corrected chi connectivity index (χ1v) is 11.6. The highest BCUT2D eigenvalue weighted by Crippen LogP contribution is 2.32. The summed E-state index contributed by atoms with van der Waals surface area (Å²) >= 11 is 0. The number of rotatable bonds is 6. The van der Waals surface area contributed by atoms with Crippen molar-refractivity contribution in [2.45, 2.75) is 69.8 Å². The molecule has 0 bridgehead atoms. The lowest BCUT2D eigenvalue weighted by Crippen LogP contribution is -2.52. The van der Waals surface area contributed by atoms with Crippen LogP contribution in [0, 0.1) is 0 Å². The number of ether oxygens (including phenoxy) is 1. The number of hydrogen-bond acceptors (Lipinski definition) is 6. The molecule has 1 aliphatic carbocycles. The number of fused-ring (bicyclic) bond motifs is 1. The Hall–Kier alpha value is -3.26. The van der Waals surface area contributed by atoms with Crippen molar-refractivity contribution < 1.29 is 19.1 Å². The lowest BCUT2D eigenvalue weighted by Gasteiger charge is -2.32. The van der Waals surface area contributed by atoms with E-state index in [0.717, 1.165) is 42.7 Å². The molecule has 1 saturated heterocycles. The van der Waals surface area contributed by atoms with E-state index in [1.54, 1.807) is 17.2 Å². The van der Waals surface area contributed by atoms with Gasteiger partial charge in [-0.2, -0.15) is 0 Å². The fourth-order valence-corrected chi connectivity index (χ4v) is 5.02. The van der Waals surface area contributed by atoms with Crippen LogP contribution >= 0.6 is 0 Å². The Kier molecular flexibility index (Phi) is 6.09. The average Bonchev–Trinajstić information content (AvgIpc) is 3.14. The topological polar surface area (TPSA) is 101 Å². The van der Waals surface area contributed by atoms with Crippen LogP contribution in [0.3, 0.4) is 0 Å². The van der Waals surface area contributed by atoms with Crippen LogP contribution in [0.2, 0.25) is 0 Å². The molecule has 3 heterocycles. The zero-order valence-corrected chi connectivity index (χ0v) is 18.5. The quantitative estimate of drug-likeness (QED) is 0.658. The van der Waals surface area contributed by atoms with E-state index in [-0.39, 0.29) is 30.4 Å². The third-order valence-electron chi connectivity index (χ3n) is 6.78. The van der Waals surface area contributed by atoms with E-state index >= 15 is 0 Å². The van der Waals surface area contributed by atoms with Crippen molar-refractivity contribution in [3.05, 3.63) is 59.4 Å². The Morgan fingerprint density at radius 2 is 2.00 bits per heavy atom. The number of carbonyl (C=O) groups is 3. The number of carbonyl (C=O) groups excluding carboxylic acids is 3. The molecule has 8 heteroatoms. The van der Waals surface area contributed by atoms with Crippen molar-refractivity contribution in [2.75, 3.05) is 0 Å². The molecule has 1 saturated carbocycles. The van der Waals surface area contributed by atoms with Gasteiger partial charge in [0.05, 0.1) is 0 Å². The summed E-state index contributed by atoms with van der Waals surface area (Å²) in [5.74, 6) is -0.102. The number of nitrogens with zero attached hydrogens (tertiary/aromatic N) is 2.